The van der Waals surface area contributed by atoms with Crippen LogP contribution in [0.3, 0.4) is 0 Å². The van der Waals surface area contributed by atoms with Crippen molar-refractivity contribution < 1.29 is 4.74 Å². The smallest absolute Gasteiger partial charge is 0.119 e. The zero-order chi connectivity index (χ0) is 9.97. The third kappa shape index (κ3) is 1.75. The van der Waals surface area contributed by atoms with Gasteiger partial charge in [0.2, 0.25) is 0 Å². The second-order valence-corrected chi connectivity index (χ2v) is 3.86. The lowest BCUT2D eigenvalue weighted by molar-refractivity contribution is 0.412. The first kappa shape index (κ1) is 9.53. The molecule has 2 rings (SSSR count). The highest BCUT2D eigenvalue weighted by Gasteiger charge is 2.17. The van der Waals surface area contributed by atoms with Gasteiger partial charge in [0, 0.05) is 6.04 Å². The minimum absolute atomic E-state index is 0.649. The van der Waals surface area contributed by atoms with E-state index in [1.54, 1.807) is 7.11 Å². The molecule has 2 heteroatoms. The molecule has 0 unspecified atom stereocenters. The lowest BCUT2D eigenvalue weighted by Gasteiger charge is -2.24. The molecule has 0 radical (unpaired) electrons. The van der Waals surface area contributed by atoms with Crippen LogP contribution in [0.25, 0.3) is 0 Å². The van der Waals surface area contributed by atoms with Gasteiger partial charge in [0.05, 0.1) is 7.11 Å². The number of hydrogen-bond donors (Lipinski definition) is 1. The zero-order valence-electron chi connectivity index (χ0n) is 8.84. The molecule has 0 aliphatic heterocycles. The van der Waals surface area contributed by atoms with Gasteiger partial charge in [-0.2, -0.15) is 0 Å². The molecule has 1 atom stereocenters. The van der Waals surface area contributed by atoms with Crippen molar-refractivity contribution in [2.75, 3.05) is 14.2 Å². The van der Waals surface area contributed by atoms with E-state index < -0.39 is 0 Å². The number of likely N-dealkylation sites (N-methyl/N-ethyl adjacent to an activating group) is 1. The number of rotatable bonds is 2. The Bertz CT molecular complexity index is 322. The van der Waals surface area contributed by atoms with Crippen molar-refractivity contribution in [3.8, 4) is 5.75 Å². The van der Waals surface area contributed by atoms with E-state index >= 15 is 0 Å². The van der Waals surface area contributed by atoms with E-state index in [4.69, 9.17) is 4.74 Å². The molecule has 1 aromatic carbocycles. The summed E-state index contributed by atoms with van der Waals surface area (Å²) in [6.45, 7) is 0. The molecule has 0 heterocycles. The highest BCUT2D eigenvalue weighted by Crippen LogP contribution is 2.25. The summed E-state index contributed by atoms with van der Waals surface area (Å²) >= 11 is 0. The van der Waals surface area contributed by atoms with Gasteiger partial charge in [-0.25, -0.2) is 0 Å². The maximum Gasteiger partial charge on any atom is 0.119 e. The lowest BCUT2D eigenvalue weighted by atomic mass is 9.88. The molecule has 1 aliphatic rings. The van der Waals surface area contributed by atoms with Gasteiger partial charge in [0.25, 0.3) is 0 Å². The molecule has 1 aliphatic carbocycles. The Morgan fingerprint density at radius 3 is 2.93 bits per heavy atom. The normalized spacial score (nSPS) is 20.3. The Labute approximate surface area is 85.3 Å². The molecule has 1 N–H and O–H groups in total. The number of ether oxygens (including phenoxy) is 1. The average molecular weight is 191 g/mol. The standard InChI is InChI=1S/C12H17NO/c1-13-11-5-3-10-8-12(14-2)6-4-9(10)7-11/h4,6,8,11,13H,3,5,7H2,1-2H3/t11-/m0/s1. The molecule has 0 fully saturated rings. The summed E-state index contributed by atoms with van der Waals surface area (Å²) in [4.78, 5) is 0. The second kappa shape index (κ2) is 4.01. The average Bonchev–Trinajstić information content (AvgIpc) is 2.27. The Balaban J connectivity index is 2.23. The zero-order valence-corrected chi connectivity index (χ0v) is 8.84. The predicted octanol–water partition coefficient (Wildman–Crippen LogP) is 1.77. The van der Waals surface area contributed by atoms with Crippen LogP contribution in [0.2, 0.25) is 0 Å². The fraction of sp³-hybridized carbons (Fsp3) is 0.500. The van der Waals surface area contributed by atoms with Gasteiger partial charge in [-0.15, -0.1) is 0 Å². The molecule has 76 valence electrons. The highest BCUT2D eigenvalue weighted by atomic mass is 16.5. The van der Waals surface area contributed by atoms with Gasteiger partial charge in [-0.1, -0.05) is 6.07 Å². The molecule has 14 heavy (non-hydrogen) atoms. The van der Waals surface area contributed by atoms with Crippen molar-refractivity contribution >= 4 is 0 Å². The van der Waals surface area contributed by atoms with Gasteiger partial charge in [0.1, 0.15) is 5.75 Å². The molecule has 0 spiro atoms. The molecular weight excluding hydrogens is 174 g/mol. The summed E-state index contributed by atoms with van der Waals surface area (Å²) in [6, 6.07) is 7.06. The number of hydrogen-bond acceptors (Lipinski definition) is 2. The Morgan fingerprint density at radius 2 is 2.21 bits per heavy atom. The van der Waals surface area contributed by atoms with Gasteiger partial charge < -0.3 is 10.1 Å². The van der Waals surface area contributed by atoms with E-state index in [1.807, 2.05) is 7.05 Å². The maximum atomic E-state index is 5.22. The first-order valence-electron chi connectivity index (χ1n) is 5.16. The molecule has 1 aromatic rings. The maximum absolute atomic E-state index is 5.22. The van der Waals surface area contributed by atoms with E-state index in [9.17, 15) is 0 Å². The summed E-state index contributed by atoms with van der Waals surface area (Å²) < 4.78 is 5.22. The van der Waals surface area contributed by atoms with E-state index in [2.05, 4.69) is 23.5 Å². The highest BCUT2D eigenvalue weighted by molar-refractivity contribution is 5.37. The molecule has 0 amide bonds. The quantitative estimate of drug-likeness (QED) is 0.769. The third-order valence-corrected chi connectivity index (χ3v) is 3.05. The van der Waals surface area contributed by atoms with Crippen LogP contribution < -0.4 is 10.1 Å². The van der Waals surface area contributed by atoms with Crippen molar-refractivity contribution in [3.05, 3.63) is 29.3 Å². The fourth-order valence-corrected chi connectivity index (χ4v) is 2.10. The van der Waals surface area contributed by atoms with Gasteiger partial charge in [0.15, 0.2) is 0 Å². The van der Waals surface area contributed by atoms with E-state index in [0.29, 0.717) is 6.04 Å². The SMILES string of the molecule is CN[C@H]1CCc2cc(OC)ccc2C1. The van der Waals surface area contributed by atoms with Crippen LogP contribution in [0.4, 0.5) is 0 Å². The fourth-order valence-electron chi connectivity index (χ4n) is 2.10. The van der Waals surface area contributed by atoms with Crippen molar-refractivity contribution in [2.24, 2.45) is 0 Å². The monoisotopic (exact) mass is 191 g/mol. The Morgan fingerprint density at radius 1 is 1.36 bits per heavy atom. The van der Waals surface area contributed by atoms with Crippen LogP contribution in [0.15, 0.2) is 18.2 Å². The third-order valence-electron chi connectivity index (χ3n) is 3.05. The van der Waals surface area contributed by atoms with Crippen LogP contribution in [-0.4, -0.2) is 20.2 Å². The first-order chi connectivity index (χ1) is 6.83. The number of nitrogens with one attached hydrogen (secondary N) is 1. The lowest BCUT2D eigenvalue weighted by Crippen LogP contribution is -2.31. The number of fused-ring (bicyclic) bond motifs is 1. The van der Waals surface area contributed by atoms with E-state index in [-0.39, 0.29) is 0 Å². The van der Waals surface area contributed by atoms with E-state index in [0.717, 1.165) is 18.6 Å². The molecule has 0 saturated carbocycles. The summed E-state index contributed by atoms with van der Waals surface area (Å²) in [7, 11) is 3.76. The van der Waals surface area contributed by atoms with E-state index in [1.165, 1.54) is 17.5 Å². The largest absolute Gasteiger partial charge is 0.497 e. The number of methoxy groups -OCH3 is 1. The van der Waals surface area contributed by atoms with Crippen LogP contribution in [0.5, 0.6) is 5.75 Å². The predicted molar refractivity (Wildman–Crippen MR) is 57.9 cm³/mol. The molecular formula is C12H17NO. The topological polar surface area (TPSA) is 21.3 Å². The molecule has 2 nitrogen and oxygen atoms in total. The van der Waals surface area contributed by atoms with Gasteiger partial charge >= 0.3 is 0 Å². The number of aryl methyl sites for hydroxylation is 1. The van der Waals surface area contributed by atoms with Crippen LogP contribution >= 0.6 is 0 Å². The van der Waals surface area contributed by atoms with Gasteiger partial charge in [-0.3, -0.25) is 0 Å². The summed E-state index contributed by atoms with van der Waals surface area (Å²) in [5.41, 5.74) is 2.92. The minimum atomic E-state index is 0.649. The molecule has 0 saturated heterocycles. The van der Waals surface area contributed by atoms with Crippen LogP contribution in [0.1, 0.15) is 17.5 Å². The van der Waals surface area contributed by atoms with Crippen LogP contribution in [0, 0.1) is 0 Å². The van der Waals surface area contributed by atoms with Crippen molar-refractivity contribution in [1.29, 1.82) is 0 Å². The van der Waals surface area contributed by atoms with Crippen LogP contribution in [-0.2, 0) is 12.8 Å². The molecule has 0 bridgehead atoms. The van der Waals surface area contributed by atoms with Crippen molar-refractivity contribution in [2.45, 2.75) is 25.3 Å². The first-order valence-corrected chi connectivity index (χ1v) is 5.16. The Hall–Kier alpha value is -1.02. The Kier molecular flexibility index (Phi) is 2.73. The second-order valence-electron chi connectivity index (χ2n) is 3.86. The minimum Gasteiger partial charge on any atom is -0.497 e. The molecule has 0 aromatic heterocycles. The summed E-state index contributed by atoms with van der Waals surface area (Å²) in [5, 5.41) is 3.34. The van der Waals surface area contributed by atoms with Gasteiger partial charge in [-0.05, 0) is 49.6 Å². The summed E-state index contributed by atoms with van der Waals surface area (Å²) in [5.74, 6) is 0.978. The van der Waals surface area contributed by atoms with Crippen molar-refractivity contribution in [1.82, 2.24) is 5.32 Å². The van der Waals surface area contributed by atoms with Crippen molar-refractivity contribution in [3.63, 3.8) is 0 Å². The number of benzene rings is 1. The summed E-state index contributed by atoms with van der Waals surface area (Å²) in [6.07, 6.45) is 3.55.